The van der Waals surface area contributed by atoms with Crippen molar-refractivity contribution in [1.82, 2.24) is 10.2 Å². The Balaban J connectivity index is 1.63. The molecule has 17 heavy (non-hydrogen) atoms. The van der Waals surface area contributed by atoms with E-state index in [0.717, 1.165) is 18.3 Å². The Hall–Kier alpha value is -0.800. The normalized spacial score (nSPS) is 20.3. The molecule has 0 aliphatic carbocycles. The highest BCUT2D eigenvalue weighted by atomic mass is 16.3. The summed E-state index contributed by atoms with van der Waals surface area (Å²) in [6.07, 6.45) is 7.10. The summed E-state index contributed by atoms with van der Waals surface area (Å²) >= 11 is 0. The Morgan fingerprint density at radius 1 is 1.53 bits per heavy atom. The minimum absolute atomic E-state index is 0.777. The van der Waals surface area contributed by atoms with Crippen LogP contribution in [0.2, 0.25) is 0 Å². The summed E-state index contributed by atoms with van der Waals surface area (Å²) in [5, 5.41) is 3.55. The monoisotopic (exact) mass is 236 g/mol. The number of rotatable bonds is 6. The highest BCUT2D eigenvalue weighted by molar-refractivity contribution is 5.14. The van der Waals surface area contributed by atoms with Crippen molar-refractivity contribution in [3.05, 3.63) is 23.7 Å². The van der Waals surface area contributed by atoms with Crippen LogP contribution in [-0.4, -0.2) is 31.1 Å². The Bertz CT molecular complexity index is 329. The van der Waals surface area contributed by atoms with E-state index in [2.05, 4.69) is 23.3 Å². The molecule has 1 saturated heterocycles. The molecule has 0 aromatic carbocycles. The third-order valence-electron chi connectivity index (χ3n) is 3.66. The lowest BCUT2D eigenvalue weighted by atomic mass is 10.1. The molecule has 0 radical (unpaired) electrons. The van der Waals surface area contributed by atoms with Crippen LogP contribution in [0.3, 0.4) is 0 Å². The van der Waals surface area contributed by atoms with Gasteiger partial charge in [-0.25, -0.2) is 0 Å². The van der Waals surface area contributed by atoms with Crippen molar-refractivity contribution < 1.29 is 4.42 Å². The largest absolute Gasteiger partial charge is 0.469 e. The van der Waals surface area contributed by atoms with Gasteiger partial charge in [0.15, 0.2) is 0 Å². The summed E-state index contributed by atoms with van der Waals surface area (Å²) in [6, 6.07) is 2.85. The van der Waals surface area contributed by atoms with Gasteiger partial charge in [-0.2, -0.15) is 0 Å². The van der Waals surface area contributed by atoms with Crippen molar-refractivity contribution in [3.8, 4) is 0 Å². The molecule has 1 fully saturated rings. The maximum atomic E-state index is 5.31. The Morgan fingerprint density at radius 2 is 2.41 bits per heavy atom. The van der Waals surface area contributed by atoms with Crippen LogP contribution in [0.1, 0.15) is 37.0 Å². The lowest BCUT2D eigenvalue weighted by Crippen LogP contribution is -2.24. The molecule has 1 atom stereocenters. The number of aryl methyl sites for hydroxylation is 1. The zero-order valence-corrected chi connectivity index (χ0v) is 11.0. The van der Waals surface area contributed by atoms with Crippen molar-refractivity contribution in [3.63, 3.8) is 0 Å². The van der Waals surface area contributed by atoms with Crippen LogP contribution in [0.5, 0.6) is 0 Å². The van der Waals surface area contributed by atoms with Gasteiger partial charge in [-0.3, -0.25) is 0 Å². The first kappa shape index (κ1) is 12.7. The van der Waals surface area contributed by atoms with Crippen LogP contribution in [0.4, 0.5) is 0 Å². The second-order valence-electron chi connectivity index (χ2n) is 5.18. The van der Waals surface area contributed by atoms with E-state index in [1.54, 1.807) is 6.26 Å². The van der Waals surface area contributed by atoms with Crippen molar-refractivity contribution in [2.24, 2.45) is 0 Å². The molecule has 3 heteroatoms. The fourth-order valence-electron chi connectivity index (χ4n) is 2.56. The van der Waals surface area contributed by atoms with E-state index >= 15 is 0 Å². The first-order valence-corrected chi connectivity index (χ1v) is 6.70. The maximum Gasteiger partial charge on any atom is 0.105 e. The first-order valence-electron chi connectivity index (χ1n) is 6.70. The van der Waals surface area contributed by atoms with E-state index in [0.29, 0.717) is 0 Å². The van der Waals surface area contributed by atoms with Crippen LogP contribution in [0.15, 0.2) is 16.7 Å². The first-order chi connectivity index (χ1) is 8.25. The van der Waals surface area contributed by atoms with Crippen LogP contribution >= 0.6 is 0 Å². The zero-order valence-electron chi connectivity index (χ0n) is 11.0. The van der Waals surface area contributed by atoms with Crippen LogP contribution in [-0.2, 0) is 6.54 Å². The molecule has 0 spiro atoms. The van der Waals surface area contributed by atoms with E-state index in [-0.39, 0.29) is 0 Å². The van der Waals surface area contributed by atoms with E-state index in [1.807, 2.05) is 6.92 Å². The predicted molar refractivity (Wildman–Crippen MR) is 70.0 cm³/mol. The minimum Gasteiger partial charge on any atom is -0.469 e. The lowest BCUT2D eigenvalue weighted by Gasteiger charge is -2.17. The van der Waals surface area contributed by atoms with E-state index in [9.17, 15) is 0 Å². The molecule has 2 rings (SSSR count). The van der Waals surface area contributed by atoms with Gasteiger partial charge >= 0.3 is 0 Å². The summed E-state index contributed by atoms with van der Waals surface area (Å²) in [6.45, 7) is 5.42. The molecular weight excluding hydrogens is 212 g/mol. The van der Waals surface area contributed by atoms with Gasteiger partial charge in [-0.15, -0.1) is 0 Å². The summed E-state index contributed by atoms with van der Waals surface area (Å²) in [5.41, 5.74) is 1.31. The summed E-state index contributed by atoms with van der Waals surface area (Å²) in [4.78, 5) is 2.38. The fourth-order valence-corrected chi connectivity index (χ4v) is 2.56. The fraction of sp³-hybridized carbons (Fsp3) is 0.714. The van der Waals surface area contributed by atoms with Gasteiger partial charge in [0.1, 0.15) is 5.76 Å². The van der Waals surface area contributed by atoms with Crippen molar-refractivity contribution in [2.75, 3.05) is 20.1 Å². The molecule has 1 aliphatic heterocycles. The highest BCUT2D eigenvalue weighted by Gasteiger charge is 2.13. The summed E-state index contributed by atoms with van der Waals surface area (Å²) in [7, 11) is 2.19. The average Bonchev–Trinajstić information content (AvgIpc) is 2.92. The molecule has 2 heterocycles. The number of nitrogens with one attached hydrogen (secondary N) is 1. The van der Waals surface area contributed by atoms with Crippen LogP contribution in [0, 0.1) is 6.92 Å². The van der Waals surface area contributed by atoms with Crippen molar-refractivity contribution in [2.45, 2.75) is 45.2 Å². The quantitative estimate of drug-likeness (QED) is 0.823. The standard InChI is InChI=1S/C14H24N2O/c1-12-13(7-10-17-12)11-16(2)9-4-6-14-5-3-8-15-14/h7,10,14-15H,3-6,8-9,11H2,1-2H3. The smallest absolute Gasteiger partial charge is 0.105 e. The average molecular weight is 236 g/mol. The number of hydrogen-bond donors (Lipinski definition) is 1. The molecule has 1 aliphatic rings. The van der Waals surface area contributed by atoms with Crippen LogP contribution in [0.25, 0.3) is 0 Å². The Labute approximate surface area is 104 Å². The van der Waals surface area contributed by atoms with Gasteiger partial charge in [0, 0.05) is 18.2 Å². The number of hydrogen-bond acceptors (Lipinski definition) is 3. The molecule has 1 aromatic rings. The van der Waals surface area contributed by atoms with Gasteiger partial charge < -0.3 is 14.6 Å². The van der Waals surface area contributed by atoms with E-state index in [1.165, 1.54) is 44.3 Å². The second kappa shape index (κ2) is 6.22. The SMILES string of the molecule is Cc1occc1CN(C)CCCC1CCCN1. The molecule has 1 aromatic heterocycles. The molecule has 96 valence electrons. The van der Waals surface area contributed by atoms with Gasteiger partial charge in [-0.05, 0) is 58.8 Å². The minimum atomic E-state index is 0.777. The van der Waals surface area contributed by atoms with Crippen LogP contribution < -0.4 is 5.32 Å². The van der Waals surface area contributed by atoms with Gasteiger partial charge in [0.05, 0.1) is 6.26 Å². The molecular formula is C14H24N2O. The molecule has 3 nitrogen and oxygen atoms in total. The Morgan fingerprint density at radius 3 is 3.06 bits per heavy atom. The molecule has 0 bridgehead atoms. The summed E-state index contributed by atoms with van der Waals surface area (Å²) < 4.78 is 5.31. The number of nitrogens with zero attached hydrogens (tertiary/aromatic N) is 1. The molecule has 0 saturated carbocycles. The Kier molecular flexibility index (Phi) is 4.63. The van der Waals surface area contributed by atoms with Gasteiger partial charge in [0.25, 0.3) is 0 Å². The van der Waals surface area contributed by atoms with E-state index in [4.69, 9.17) is 4.42 Å². The third-order valence-corrected chi connectivity index (χ3v) is 3.66. The molecule has 1 N–H and O–H groups in total. The van der Waals surface area contributed by atoms with Crippen molar-refractivity contribution in [1.29, 1.82) is 0 Å². The lowest BCUT2D eigenvalue weighted by molar-refractivity contribution is 0.309. The second-order valence-corrected chi connectivity index (χ2v) is 5.18. The van der Waals surface area contributed by atoms with Gasteiger partial charge in [0.2, 0.25) is 0 Å². The zero-order chi connectivity index (χ0) is 12.1. The molecule has 1 unspecified atom stereocenters. The third kappa shape index (κ3) is 3.86. The number of furan rings is 1. The molecule has 0 amide bonds. The highest BCUT2D eigenvalue weighted by Crippen LogP contribution is 2.13. The maximum absolute atomic E-state index is 5.31. The van der Waals surface area contributed by atoms with Gasteiger partial charge in [-0.1, -0.05) is 0 Å². The van der Waals surface area contributed by atoms with Crippen molar-refractivity contribution >= 4 is 0 Å². The summed E-state index contributed by atoms with van der Waals surface area (Å²) in [5.74, 6) is 1.05. The predicted octanol–water partition coefficient (Wildman–Crippen LogP) is 2.55. The van der Waals surface area contributed by atoms with E-state index < -0.39 is 0 Å². The topological polar surface area (TPSA) is 28.4 Å².